The molecular formula is C24H39N3O4. The van der Waals surface area contributed by atoms with E-state index < -0.39 is 17.7 Å². The molecule has 2 N–H and O–H groups in total. The minimum atomic E-state index is -0.714. The van der Waals surface area contributed by atoms with Crippen molar-refractivity contribution in [1.29, 1.82) is 0 Å². The monoisotopic (exact) mass is 433 g/mol. The van der Waals surface area contributed by atoms with Crippen LogP contribution in [0.3, 0.4) is 0 Å². The topological polar surface area (TPSA) is 79.9 Å². The van der Waals surface area contributed by atoms with Gasteiger partial charge in [-0.05, 0) is 32.3 Å². The summed E-state index contributed by atoms with van der Waals surface area (Å²) >= 11 is 0. The summed E-state index contributed by atoms with van der Waals surface area (Å²) in [5.41, 5.74) is 0.347. The zero-order valence-electron chi connectivity index (χ0n) is 19.6. The lowest BCUT2D eigenvalue weighted by atomic mass is 9.97. The molecule has 31 heavy (non-hydrogen) atoms. The summed E-state index contributed by atoms with van der Waals surface area (Å²) in [6.45, 7) is 13.6. The predicted molar refractivity (Wildman–Crippen MR) is 122 cm³/mol. The van der Waals surface area contributed by atoms with E-state index in [1.807, 2.05) is 30.3 Å². The van der Waals surface area contributed by atoms with Gasteiger partial charge in [-0.3, -0.25) is 9.69 Å². The first kappa shape index (κ1) is 25.1. The molecule has 0 bridgehead atoms. The second-order valence-electron chi connectivity index (χ2n) is 9.30. The molecule has 0 saturated carbocycles. The van der Waals surface area contributed by atoms with Crippen LogP contribution in [0.15, 0.2) is 30.3 Å². The molecule has 1 unspecified atom stereocenters. The average Bonchev–Trinajstić information content (AvgIpc) is 2.72. The fourth-order valence-corrected chi connectivity index (χ4v) is 3.51. The number of nitrogens with zero attached hydrogens (tertiary/aromatic N) is 1. The number of rotatable bonds is 9. The van der Waals surface area contributed by atoms with Crippen LogP contribution in [0.2, 0.25) is 0 Å². The molecule has 1 heterocycles. The van der Waals surface area contributed by atoms with Crippen LogP contribution in [-0.4, -0.2) is 67.4 Å². The summed E-state index contributed by atoms with van der Waals surface area (Å²) < 4.78 is 10.8. The van der Waals surface area contributed by atoms with Crippen LogP contribution in [0.25, 0.3) is 0 Å². The molecule has 3 atom stereocenters. The number of carbonyl (C=O) groups is 2. The summed E-state index contributed by atoms with van der Waals surface area (Å²) in [6, 6.07) is 8.98. The molecule has 1 aliphatic rings. The Labute approximate surface area is 186 Å². The Morgan fingerprint density at radius 2 is 1.77 bits per heavy atom. The van der Waals surface area contributed by atoms with Crippen LogP contribution in [0.1, 0.15) is 46.6 Å². The second kappa shape index (κ2) is 12.1. The largest absolute Gasteiger partial charge is 0.444 e. The molecule has 0 aliphatic carbocycles. The van der Waals surface area contributed by atoms with Crippen LogP contribution in [0.5, 0.6) is 0 Å². The average molecular weight is 434 g/mol. The zero-order valence-corrected chi connectivity index (χ0v) is 19.6. The first-order valence-electron chi connectivity index (χ1n) is 11.3. The standard InChI is InChI=1S/C24H39N3O4/c1-6-18(2)21(17-27-12-14-30-15-13-27)25-22(28)20(16-19-10-8-7-9-11-19)26-23(29)31-24(3,4)5/h7-11,18,20-21H,6,12-17H2,1-5H3,(H,25,28)(H,26,29)/t18?,20-,21+/m0/s1. The van der Waals surface area contributed by atoms with Gasteiger partial charge < -0.3 is 20.1 Å². The quantitative estimate of drug-likeness (QED) is 0.626. The number of morpholine rings is 1. The van der Waals surface area contributed by atoms with Gasteiger partial charge in [0.1, 0.15) is 11.6 Å². The minimum absolute atomic E-state index is 0.00527. The lowest BCUT2D eigenvalue weighted by Gasteiger charge is -2.34. The van der Waals surface area contributed by atoms with Gasteiger partial charge in [-0.15, -0.1) is 0 Å². The van der Waals surface area contributed by atoms with Crippen LogP contribution >= 0.6 is 0 Å². The molecule has 174 valence electrons. The molecule has 7 heteroatoms. The molecule has 1 saturated heterocycles. The summed E-state index contributed by atoms with van der Waals surface area (Å²) in [7, 11) is 0. The number of amides is 2. The van der Waals surface area contributed by atoms with Crippen molar-refractivity contribution < 1.29 is 19.1 Å². The van der Waals surface area contributed by atoms with Gasteiger partial charge in [-0.1, -0.05) is 50.6 Å². The Hall–Kier alpha value is -2.12. The summed E-state index contributed by atoms with van der Waals surface area (Å²) in [5, 5.41) is 5.99. The maximum Gasteiger partial charge on any atom is 0.408 e. The smallest absolute Gasteiger partial charge is 0.408 e. The first-order chi connectivity index (χ1) is 14.7. The fourth-order valence-electron chi connectivity index (χ4n) is 3.51. The van der Waals surface area contributed by atoms with E-state index in [0.29, 0.717) is 12.3 Å². The second-order valence-corrected chi connectivity index (χ2v) is 9.30. The third-order valence-corrected chi connectivity index (χ3v) is 5.51. The maximum atomic E-state index is 13.3. The third-order valence-electron chi connectivity index (χ3n) is 5.51. The fraction of sp³-hybridized carbons (Fsp3) is 0.667. The highest BCUT2D eigenvalue weighted by molar-refractivity contribution is 5.86. The highest BCUT2D eigenvalue weighted by Gasteiger charge is 2.29. The van der Waals surface area contributed by atoms with Gasteiger partial charge in [0.15, 0.2) is 0 Å². The molecule has 0 aromatic heterocycles. The van der Waals surface area contributed by atoms with E-state index in [-0.39, 0.29) is 11.9 Å². The van der Waals surface area contributed by atoms with E-state index >= 15 is 0 Å². The van der Waals surface area contributed by atoms with Crippen molar-refractivity contribution >= 4 is 12.0 Å². The third kappa shape index (κ3) is 9.27. The normalized spacial score (nSPS) is 18.0. The van der Waals surface area contributed by atoms with Crippen LogP contribution in [0.4, 0.5) is 4.79 Å². The van der Waals surface area contributed by atoms with Crippen molar-refractivity contribution in [2.75, 3.05) is 32.8 Å². The van der Waals surface area contributed by atoms with Crippen molar-refractivity contribution in [1.82, 2.24) is 15.5 Å². The molecule has 2 amide bonds. The number of nitrogens with one attached hydrogen (secondary N) is 2. The van der Waals surface area contributed by atoms with E-state index in [9.17, 15) is 9.59 Å². The Morgan fingerprint density at radius 3 is 2.35 bits per heavy atom. The van der Waals surface area contributed by atoms with Gasteiger partial charge in [-0.25, -0.2) is 4.79 Å². The number of hydrogen-bond acceptors (Lipinski definition) is 5. The van der Waals surface area contributed by atoms with Gasteiger partial charge in [0, 0.05) is 32.1 Å². The number of hydrogen-bond donors (Lipinski definition) is 2. The molecule has 2 rings (SSSR count). The van der Waals surface area contributed by atoms with E-state index in [2.05, 4.69) is 29.4 Å². The Balaban J connectivity index is 2.10. The first-order valence-corrected chi connectivity index (χ1v) is 11.3. The molecule has 1 aromatic carbocycles. The molecule has 0 spiro atoms. The number of ether oxygens (including phenoxy) is 2. The summed E-state index contributed by atoms with van der Waals surface area (Å²) in [5.74, 6) is 0.124. The Morgan fingerprint density at radius 1 is 1.13 bits per heavy atom. The van der Waals surface area contributed by atoms with Gasteiger partial charge in [0.05, 0.1) is 13.2 Å². The minimum Gasteiger partial charge on any atom is -0.444 e. The molecule has 7 nitrogen and oxygen atoms in total. The van der Waals surface area contributed by atoms with Crippen molar-refractivity contribution in [3.8, 4) is 0 Å². The SMILES string of the molecule is CCC(C)[C@@H](CN1CCOCC1)NC(=O)[C@H](Cc1ccccc1)NC(=O)OC(C)(C)C. The lowest BCUT2D eigenvalue weighted by Crippen LogP contribution is -2.56. The molecule has 1 aromatic rings. The van der Waals surface area contributed by atoms with Crippen molar-refractivity contribution in [2.24, 2.45) is 5.92 Å². The highest BCUT2D eigenvalue weighted by Crippen LogP contribution is 2.13. The van der Waals surface area contributed by atoms with Gasteiger partial charge in [0.25, 0.3) is 0 Å². The van der Waals surface area contributed by atoms with Crippen molar-refractivity contribution in [3.05, 3.63) is 35.9 Å². The van der Waals surface area contributed by atoms with Gasteiger partial charge in [0.2, 0.25) is 5.91 Å². The molecule has 1 aliphatic heterocycles. The zero-order chi connectivity index (χ0) is 22.9. The molecular weight excluding hydrogens is 394 g/mol. The predicted octanol–water partition coefficient (Wildman–Crippen LogP) is 2.99. The molecule has 0 radical (unpaired) electrons. The number of benzene rings is 1. The van der Waals surface area contributed by atoms with Crippen LogP contribution in [-0.2, 0) is 20.7 Å². The van der Waals surface area contributed by atoms with E-state index in [1.165, 1.54) is 0 Å². The number of carbonyl (C=O) groups excluding carboxylic acids is 2. The van der Waals surface area contributed by atoms with Gasteiger partial charge in [-0.2, -0.15) is 0 Å². The lowest BCUT2D eigenvalue weighted by molar-refractivity contribution is -0.124. The maximum absolute atomic E-state index is 13.3. The Bertz CT molecular complexity index is 684. The number of alkyl carbamates (subject to hydrolysis) is 1. The highest BCUT2D eigenvalue weighted by atomic mass is 16.6. The van der Waals surface area contributed by atoms with Crippen molar-refractivity contribution in [3.63, 3.8) is 0 Å². The molecule has 1 fully saturated rings. The van der Waals surface area contributed by atoms with E-state index in [1.54, 1.807) is 20.8 Å². The van der Waals surface area contributed by atoms with Gasteiger partial charge >= 0.3 is 6.09 Å². The van der Waals surface area contributed by atoms with E-state index in [0.717, 1.165) is 44.8 Å². The van der Waals surface area contributed by atoms with Crippen LogP contribution in [0, 0.1) is 5.92 Å². The Kier molecular flexibility index (Phi) is 9.78. The van der Waals surface area contributed by atoms with Crippen LogP contribution < -0.4 is 10.6 Å². The summed E-state index contributed by atoms with van der Waals surface area (Å²) in [4.78, 5) is 28.0. The summed E-state index contributed by atoms with van der Waals surface area (Å²) in [6.07, 6.45) is 0.770. The van der Waals surface area contributed by atoms with E-state index in [4.69, 9.17) is 9.47 Å². The van der Waals surface area contributed by atoms with Crippen molar-refractivity contribution in [2.45, 2.75) is 65.1 Å².